The topological polar surface area (TPSA) is 65.2 Å². The molecule has 4 heteroatoms. The van der Waals surface area contributed by atoms with E-state index in [-0.39, 0.29) is 0 Å². The van der Waals surface area contributed by atoms with Gasteiger partial charge in [0.25, 0.3) is 0 Å². The molecule has 0 aromatic carbocycles. The van der Waals surface area contributed by atoms with Crippen LogP contribution in [-0.4, -0.2) is 22.8 Å². The largest absolute Gasteiger partial charge is 0.411 e. The second-order valence-corrected chi connectivity index (χ2v) is 1.88. The van der Waals surface area contributed by atoms with Crippen molar-refractivity contribution in [2.45, 2.75) is 25.7 Å². The lowest BCUT2D eigenvalue weighted by atomic mass is 10.2. The Morgan fingerprint density at radius 3 is 1.60 bits per heavy atom. The number of oxime groups is 2. The molecule has 58 valence electrons. The van der Waals surface area contributed by atoms with E-state index in [4.69, 9.17) is 10.4 Å². The second-order valence-electron chi connectivity index (χ2n) is 1.88. The number of rotatable bonds is 5. The van der Waals surface area contributed by atoms with Crippen LogP contribution < -0.4 is 0 Å². The van der Waals surface area contributed by atoms with Crippen LogP contribution in [0.15, 0.2) is 10.3 Å². The molecule has 0 unspecified atom stereocenters. The maximum Gasteiger partial charge on any atom is 0.0435 e. The smallest absolute Gasteiger partial charge is 0.0435 e. The summed E-state index contributed by atoms with van der Waals surface area (Å²) < 4.78 is 0. The molecule has 0 aliphatic heterocycles. The summed E-state index contributed by atoms with van der Waals surface area (Å²) in [5, 5.41) is 21.6. The van der Waals surface area contributed by atoms with Crippen LogP contribution >= 0.6 is 0 Å². The summed E-state index contributed by atoms with van der Waals surface area (Å²) in [6.45, 7) is 0. The van der Waals surface area contributed by atoms with Crippen LogP contribution in [0.25, 0.3) is 0 Å². The standard InChI is InChI=1S/C6H12N2O2/c9-7-5-3-1-2-4-6-8-10/h5-6,9-10H,1-4H2/b7-5-,8-6?. The Kier molecular flexibility index (Phi) is 7.10. The number of nitrogens with zero attached hydrogens (tertiary/aromatic N) is 2. The second kappa shape index (κ2) is 7.94. The molecule has 0 fully saturated rings. The van der Waals surface area contributed by atoms with Crippen LogP contribution in [0, 0.1) is 0 Å². The van der Waals surface area contributed by atoms with Crippen molar-refractivity contribution in [2.24, 2.45) is 10.3 Å². The average molecular weight is 144 g/mol. The summed E-state index contributed by atoms with van der Waals surface area (Å²) in [5.41, 5.74) is 0. The highest BCUT2D eigenvalue weighted by Gasteiger charge is 1.83. The van der Waals surface area contributed by atoms with Gasteiger partial charge in [-0.2, -0.15) is 0 Å². The summed E-state index contributed by atoms with van der Waals surface area (Å²) in [7, 11) is 0. The predicted octanol–water partition coefficient (Wildman–Crippen LogP) is 1.47. The van der Waals surface area contributed by atoms with Crippen LogP contribution in [0.2, 0.25) is 0 Å². The van der Waals surface area contributed by atoms with E-state index in [2.05, 4.69) is 10.3 Å². The molecule has 0 atom stereocenters. The quantitative estimate of drug-likeness (QED) is 0.265. The van der Waals surface area contributed by atoms with Gasteiger partial charge in [-0.05, 0) is 25.7 Å². The van der Waals surface area contributed by atoms with Crippen molar-refractivity contribution in [1.82, 2.24) is 0 Å². The van der Waals surface area contributed by atoms with E-state index in [0.717, 1.165) is 25.7 Å². The van der Waals surface area contributed by atoms with E-state index in [1.165, 1.54) is 12.4 Å². The van der Waals surface area contributed by atoms with Crippen molar-refractivity contribution in [3.05, 3.63) is 0 Å². The Morgan fingerprint density at radius 1 is 0.900 bits per heavy atom. The number of unbranched alkanes of at least 4 members (excludes halogenated alkanes) is 3. The lowest BCUT2D eigenvalue weighted by Crippen LogP contribution is -1.80. The molecule has 0 radical (unpaired) electrons. The molecule has 2 N–H and O–H groups in total. The first kappa shape index (κ1) is 8.94. The SMILES string of the molecule is ON=CCCCC/C=N\O. The Balaban J connectivity index is 2.90. The highest BCUT2D eigenvalue weighted by molar-refractivity contribution is 5.57. The van der Waals surface area contributed by atoms with Crippen molar-refractivity contribution in [1.29, 1.82) is 0 Å². The van der Waals surface area contributed by atoms with Gasteiger partial charge in [-0.25, -0.2) is 0 Å². The summed E-state index contributed by atoms with van der Waals surface area (Å²) in [6, 6.07) is 0. The van der Waals surface area contributed by atoms with Crippen LogP contribution in [-0.2, 0) is 0 Å². The van der Waals surface area contributed by atoms with Crippen molar-refractivity contribution >= 4 is 12.4 Å². The first-order valence-corrected chi connectivity index (χ1v) is 3.23. The number of hydrogen-bond donors (Lipinski definition) is 2. The molecular weight excluding hydrogens is 132 g/mol. The molecule has 0 aliphatic carbocycles. The maximum atomic E-state index is 7.97. The van der Waals surface area contributed by atoms with E-state index in [1.807, 2.05) is 0 Å². The minimum atomic E-state index is 0.774. The van der Waals surface area contributed by atoms with E-state index in [0.29, 0.717) is 0 Å². The van der Waals surface area contributed by atoms with Gasteiger partial charge < -0.3 is 10.4 Å². The molecule has 0 amide bonds. The molecule has 0 rings (SSSR count). The van der Waals surface area contributed by atoms with Gasteiger partial charge in [0.05, 0.1) is 0 Å². The molecule has 4 nitrogen and oxygen atoms in total. The van der Waals surface area contributed by atoms with E-state index >= 15 is 0 Å². The minimum absolute atomic E-state index is 0.774. The Hall–Kier alpha value is -1.06. The molecule has 0 heterocycles. The van der Waals surface area contributed by atoms with E-state index < -0.39 is 0 Å². The van der Waals surface area contributed by atoms with Crippen molar-refractivity contribution in [2.75, 3.05) is 0 Å². The highest BCUT2D eigenvalue weighted by atomic mass is 16.4. The summed E-state index contributed by atoms with van der Waals surface area (Å²) >= 11 is 0. The first-order chi connectivity index (χ1) is 4.91. The molecule has 10 heavy (non-hydrogen) atoms. The fourth-order valence-electron chi connectivity index (χ4n) is 0.587. The van der Waals surface area contributed by atoms with Gasteiger partial charge in [-0.3, -0.25) is 0 Å². The van der Waals surface area contributed by atoms with E-state index in [1.54, 1.807) is 0 Å². The van der Waals surface area contributed by atoms with Crippen LogP contribution in [0.4, 0.5) is 0 Å². The lowest BCUT2D eigenvalue weighted by Gasteiger charge is -1.88. The highest BCUT2D eigenvalue weighted by Crippen LogP contribution is 1.95. The molecule has 0 saturated heterocycles. The van der Waals surface area contributed by atoms with Gasteiger partial charge in [0, 0.05) is 12.4 Å². The Morgan fingerprint density at radius 2 is 1.30 bits per heavy atom. The van der Waals surface area contributed by atoms with Crippen LogP contribution in [0.1, 0.15) is 25.7 Å². The molecule has 0 aliphatic rings. The molecule has 0 aromatic heterocycles. The fraction of sp³-hybridized carbons (Fsp3) is 0.667. The zero-order valence-electron chi connectivity index (χ0n) is 5.77. The Bertz CT molecular complexity index is 98.3. The van der Waals surface area contributed by atoms with Gasteiger partial charge in [0.2, 0.25) is 0 Å². The van der Waals surface area contributed by atoms with Gasteiger partial charge >= 0.3 is 0 Å². The van der Waals surface area contributed by atoms with Gasteiger partial charge in [-0.15, -0.1) is 10.3 Å². The summed E-state index contributed by atoms with van der Waals surface area (Å²) in [5.74, 6) is 0. The van der Waals surface area contributed by atoms with Gasteiger partial charge in [0.1, 0.15) is 0 Å². The lowest BCUT2D eigenvalue weighted by molar-refractivity contribution is 0.319. The third-order valence-corrected chi connectivity index (χ3v) is 1.08. The molecule has 0 aromatic rings. The maximum absolute atomic E-state index is 7.97. The van der Waals surface area contributed by atoms with Crippen molar-refractivity contribution in [3.8, 4) is 0 Å². The van der Waals surface area contributed by atoms with E-state index in [9.17, 15) is 0 Å². The zero-order valence-corrected chi connectivity index (χ0v) is 5.77. The minimum Gasteiger partial charge on any atom is -0.411 e. The molecular formula is C6H12N2O2. The zero-order chi connectivity index (χ0) is 7.66. The monoisotopic (exact) mass is 144 g/mol. The predicted molar refractivity (Wildman–Crippen MR) is 39.0 cm³/mol. The third kappa shape index (κ3) is 6.94. The molecule has 0 spiro atoms. The van der Waals surface area contributed by atoms with Gasteiger partial charge in [-0.1, -0.05) is 0 Å². The number of hydrogen-bond acceptors (Lipinski definition) is 4. The Labute approximate surface area is 59.9 Å². The summed E-state index contributed by atoms with van der Waals surface area (Å²) in [4.78, 5) is 0. The van der Waals surface area contributed by atoms with Crippen molar-refractivity contribution < 1.29 is 10.4 Å². The van der Waals surface area contributed by atoms with Gasteiger partial charge in [0.15, 0.2) is 0 Å². The molecule has 0 bridgehead atoms. The van der Waals surface area contributed by atoms with Crippen molar-refractivity contribution in [3.63, 3.8) is 0 Å². The third-order valence-electron chi connectivity index (χ3n) is 1.08. The average Bonchev–Trinajstić information content (AvgIpc) is 1.97. The van der Waals surface area contributed by atoms with Crippen LogP contribution in [0.5, 0.6) is 0 Å². The normalized spacial score (nSPS) is 11.6. The fourth-order valence-corrected chi connectivity index (χ4v) is 0.587. The summed E-state index contributed by atoms with van der Waals surface area (Å²) in [6.07, 6.45) is 6.36. The van der Waals surface area contributed by atoms with Crippen LogP contribution in [0.3, 0.4) is 0 Å². The first-order valence-electron chi connectivity index (χ1n) is 3.23. The molecule has 0 saturated carbocycles.